The zero-order valence-electron chi connectivity index (χ0n) is 10.7. The smallest absolute Gasteiger partial charge is 0.258 e. The molecule has 2 heterocycles. The van der Waals surface area contributed by atoms with Crippen LogP contribution in [-0.4, -0.2) is 41.2 Å². The lowest BCUT2D eigenvalue weighted by molar-refractivity contribution is 0.0331. The first-order valence-electron chi connectivity index (χ1n) is 6.31. The van der Waals surface area contributed by atoms with Crippen molar-refractivity contribution in [3.8, 4) is 0 Å². The SMILES string of the molecule is O=c1[nH]c(CN2CCOCC2)nc2c(Br)cc(Br)cc12. The van der Waals surface area contributed by atoms with Gasteiger partial charge in [-0.1, -0.05) is 15.9 Å². The van der Waals surface area contributed by atoms with Crippen molar-refractivity contribution in [3.05, 3.63) is 37.3 Å². The van der Waals surface area contributed by atoms with Crippen molar-refractivity contribution in [2.45, 2.75) is 6.54 Å². The Bertz CT molecular complexity index is 696. The number of nitrogens with zero attached hydrogens (tertiary/aromatic N) is 2. The number of hydrogen-bond acceptors (Lipinski definition) is 4. The van der Waals surface area contributed by atoms with Crippen molar-refractivity contribution in [3.63, 3.8) is 0 Å². The number of H-pyrrole nitrogens is 1. The second kappa shape index (κ2) is 5.93. The summed E-state index contributed by atoms with van der Waals surface area (Å²) in [5.41, 5.74) is 0.584. The van der Waals surface area contributed by atoms with E-state index in [4.69, 9.17) is 4.74 Å². The summed E-state index contributed by atoms with van der Waals surface area (Å²) in [5, 5.41) is 0.581. The summed E-state index contributed by atoms with van der Waals surface area (Å²) in [6.45, 7) is 3.83. The average molecular weight is 403 g/mol. The van der Waals surface area contributed by atoms with Crippen LogP contribution in [0.3, 0.4) is 0 Å². The maximum atomic E-state index is 12.2. The molecule has 20 heavy (non-hydrogen) atoms. The van der Waals surface area contributed by atoms with Gasteiger partial charge in [0.2, 0.25) is 0 Å². The third-order valence-corrected chi connectivity index (χ3v) is 4.32. The minimum absolute atomic E-state index is 0.111. The Kier molecular flexibility index (Phi) is 4.21. The van der Waals surface area contributed by atoms with Crippen LogP contribution >= 0.6 is 31.9 Å². The van der Waals surface area contributed by atoms with Crippen LogP contribution in [0.1, 0.15) is 5.82 Å². The van der Waals surface area contributed by atoms with Gasteiger partial charge in [-0.05, 0) is 28.1 Å². The summed E-state index contributed by atoms with van der Waals surface area (Å²) >= 11 is 6.85. The second-order valence-corrected chi connectivity index (χ2v) is 6.45. The molecule has 0 unspecified atom stereocenters. The Hall–Kier alpha value is -0.760. The van der Waals surface area contributed by atoms with E-state index in [1.165, 1.54) is 0 Å². The van der Waals surface area contributed by atoms with Crippen LogP contribution in [0.2, 0.25) is 0 Å². The molecule has 1 aliphatic rings. The van der Waals surface area contributed by atoms with E-state index < -0.39 is 0 Å². The van der Waals surface area contributed by atoms with Crippen molar-refractivity contribution >= 4 is 42.8 Å². The Morgan fingerprint density at radius 3 is 2.80 bits per heavy atom. The van der Waals surface area contributed by atoms with Gasteiger partial charge in [0.1, 0.15) is 5.82 Å². The molecule has 0 radical (unpaired) electrons. The lowest BCUT2D eigenvalue weighted by atomic mass is 10.2. The van der Waals surface area contributed by atoms with Crippen LogP contribution < -0.4 is 5.56 Å². The average Bonchev–Trinajstić information content (AvgIpc) is 2.41. The molecule has 1 saturated heterocycles. The molecule has 0 saturated carbocycles. The highest BCUT2D eigenvalue weighted by molar-refractivity contribution is 9.11. The minimum Gasteiger partial charge on any atom is -0.379 e. The number of halogens is 2. The molecule has 1 fully saturated rings. The number of aromatic amines is 1. The van der Waals surface area contributed by atoms with Gasteiger partial charge in [0.25, 0.3) is 5.56 Å². The van der Waals surface area contributed by atoms with E-state index >= 15 is 0 Å². The zero-order valence-corrected chi connectivity index (χ0v) is 13.8. The fourth-order valence-corrected chi connectivity index (χ4v) is 3.57. The third-order valence-electron chi connectivity index (χ3n) is 3.25. The van der Waals surface area contributed by atoms with E-state index in [1.54, 1.807) is 6.07 Å². The number of rotatable bonds is 2. The van der Waals surface area contributed by atoms with E-state index in [1.807, 2.05) is 6.07 Å². The zero-order chi connectivity index (χ0) is 14.1. The van der Waals surface area contributed by atoms with Crippen molar-refractivity contribution in [2.24, 2.45) is 0 Å². The van der Waals surface area contributed by atoms with Crippen molar-refractivity contribution in [1.82, 2.24) is 14.9 Å². The van der Waals surface area contributed by atoms with Crippen LogP contribution in [0.5, 0.6) is 0 Å². The maximum absolute atomic E-state index is 12.2. The number of fused-ring (bicyclic) bond motifs is 1. The van der Waals surface area contributed by atoms with Gasteiger partial charge in [-0.15, -0.1) is 0 Å². The summed E-state index contributed by atoms with van der Waals surface area (Å²) in [5.74, 6) is 0.687. The predicted octanol–water partition coefficient (Wildman–Crippen LogP) is 2.28. The van der Waals surface area contributed by atoms with Gasteiger partial charge in [0.05, 0.1) is 30.7 Å². The lowest BCUT2D eigenvalue weighted by Crippen LogP contribution is -2.36. The molecule has 0 atom stereocenters. The van der Waals surface area contributed by atoms with Crippen LogP contribution in [-0.2, 0) is 11.3 Å². The molecule has 5 nitrogen and oxygen atoms in total. The Labute approximate surface area is 132 Å². The van der Waals surface area contributed by atoms with E-state index in [0.717, 1.165) is 35.2 Å². The third kappa shape index (κ3) is 2.95. The highest BCUT2D eigenvalue weighted by Crippen LogP contribution is 2.25. The molecule has 1 aromatic carbocycles. The molecule has 106 valence electrons. The summed E-state index contributed by atoms with van der Waals surface area (Å²) in [6, 6.07) is 3.68. The topological polar surface area (TPSA) is 58.2 Å². The molecule has 2 aromatic rings. The first-order valence-corrected chi connectivity index (χ1v) is 7.90. The van der Waals surface area contributed by atoms with Crippen LogP contribution in [0.4, 0.5) is 0 Å². The van der Waals surface area contributed by atoms with E-state index in [-0.39, 0.29) is 5.56 Å². The molecule has 1 N–H and O–H groups in total. The molecule has 0 amide bonds. The molecule has 3 rings (SSSR count). The normalized spacial score (nSPS) is 16.7. The first kappa shape index (κ1) is 14.2. The van der Waals surface area contributed by atoms with Crippen LogP contribution in [0.15, 0.2) is 25.9 Å². The number of nitrogens with one attached hydrogen (secondary N) is 1. The van der Waals surface area contributed by atoms with E-state index in [2.05, 4.69) is 46.7 Å². The van der Waals surface area contributed by atoms with Gasteiger partial charge in [0.15, 0.2) is 0 Å². The summed E-state index contributed by atoms with van der Waals surface area (Å²) in [6.07, 6.45) is 0. The van der Waals surface area contributed by atoms with Gasteiger partial charge in [-0.25, -0.2) is 4.98 Å². The number of aromatic nitrogens is 2. The fraction of sp³-hybridized carbons (Fsp3) is 0.385. The van der Waals surface area contributed by atoms with Gasteiger partial charge >= 0.3 is 0 Å². The summed E-state index contributed by atoms with van der Waals surface area (Å²) < 4.78 is 6.98. The fourth-order valence-electron chi connectivity index (χ4n) is 2.26. The van der Waals surface area contributed by atoms with Crippen LogP contribution in [0.25, 0.3) is 10.9 Å². The second-order valence-electron chi connectivity index (χ2n) is 4.68. The number of ether oxygens (including phenoxy) is 1. The number of benzene rings is 1. The standard InChI is InChI=1S/C13H13Br2N3O2/c14-8-5-9-12(10(15)6-8)16-11(17-13(9)19)7-18-1-3-20-4-2-18/h5-6H,1-4,7H2,(H,16,17,19). The van der Waals surface area contributed by atoms with Crippen molar-refractivity contribution < 1.29 is 4.74 Å². The highest BCUT2D eigenvalue weighted by Gasteiger charge is 2.14. The molecule has 1 aromatic heterocycles. The van der Waals surface area contributed by atoms with E-state index in [9.17, 15) is 4.79 Å². The Morgan fingerprint density at radius 1 is 1.30 bits per heavy atom. The molecule has 0 aliphatic carbocycles. The molecular weight excluding hydrogens is 390 g/mol. The molecular formula is C13H13Br2N3O2. The minimum atomic E-state index is -0.111. The molecule has 0 spiro atoms. The number of morpholine rings is 1. The quantitative estimate of drug-likeness (QED) is 0.837. The monoisotopic (exact) mass is 401 g/mol. The number of hydrogen-bond donors (Lipinski definition) is 1. The largest absolute Gasteiger partial charge is 0.379 e. The predicted molar refractivity (Wildman–Crippen MR) is 83.9 cm³/mol. The molecule has 0 bridgehead atoms. The first-order chi connectivity index (χ1) is 9.63. The summed E-state index contributed by atoms with van der Waals surface area (Å²) in [4.78, 5) is 21.8. The van der Waals surface area contributed by atoms with Crippen molar-refractivity contribution in [2.75, 3.05) is 26.3 Å². The highest BCUT2D eigenvalue weighted by atomic mass is 79.9. The van der Waals surface area contributed by atoms with Gasteiger partial charge in [-0.3, -0.25) is 9.69 Å². The lowest BCUT2D eigenvalue weighted by Gasteiger charge is -2.25. The maximum Gasteiger partial charge on any atom is 0.258 e. The van der Waals surface area contributed by atoms with Crippen LogP contribution in [0, 0.1) is 0 Å². The molecule has 7 heteroatoms. The Morgan fingerprint density at radius 2 is 2.05 bits per heavy atom. The molecule has 1 aliphatic heterocycles. The summed E-state index contributed by atoms with van der Waals surface area (Å²) in [7, 11) is 0. The van der Waals surface area contributed by atoms with Gasteiger partial charge < -0.3 is 9.72 Å². The Balaban J connectivity index is 1.98. The van der Waals surface area contributed by atoms with Gasteiger partial charge in [0, 0.05) is 22.0 Å². The van der Waals surface area contributed by atoms with Gasteiger partial charge in [-0.2, -0.15) is 0 Å². The van der Waals surface area contributed by atoms with Crippen molar-refractivity contribution in [1.29, 1.82) is 0 Å². The van der Waals surface area contributed by atoms with E-state index in [0.29, 0.717) is 23.3 Å².